The molecule has 36 valence electrons. The summed E-state index contributed by atoms with van der Waals surface area (Å²) in [5.74, 6) is 0. The van der Waals surface area contributed by atoms with Crippen LogP contribution in [0.5, 0.6) is 0 Å². The molecule has 1 rings (SSSR count). The summed E-state index contributed by atoms with van der Waals surface area (Å²) in [5, 5.41) is 0. The van der Waals surface area contributed by atoms with Gasteiger partial charge in [-0.2, -0.15) is 0 Å². The van der Waals surface area contributed by atoms with E-state index in [-0.39, 0.29) is 0 Å². The van der Waals surface area contributed by atoms with Crippen LogP contribution in [0.3, 0.4) is 0 Å². The molecule has 0 amide bonds. The van der Waals surface area contributed by atoms with Gasteiger partial charge in [0.05, 0.1) is 0 Å². The highest BCUT2D eigenvalue weighted by molar-refractivity contribution is 7.96. The van der Waals surface area contributed by atoms with Crippen LogP contribution in [0.4, 0.5) is 0 Å². The van der Waals surface area contributed by atoms with Crippen molar-refractivity contribution in [1.82, 2.24) is 4.31 Å². The molecule has 1 aliphatic rings. The van der Waals surface area contributed by atoms with Crippen molar-refractivity contribution in [1.29, 1.82) is 0 Å². The first kappa shape index (κ1) is 4.47. The van der Waals surface area contributed by atoms with E-state index in [1.807, 2.05) is 11.9 Å². The minimum absolute atomic E-state index is 1.31. The van der Waals surface area contributed by atoms with Crippen LogP contribution in [0.15, 0.2) is 0 Å². The van der Waals surface area contributed by atoms with Crippen LogP contribution in [0.1, 0.15) is 6.42 Å². The van der Waals surface area contributed by atoms with E-state index in [1.54, 1.807) is 0 Å². The summed E-state index contributed by atoms with van der Waals surface area (Å²) in [6.45, 7) is 2.61. The maximum atomic E-state index is 2.35. The summed E-state index contributed by atoms with van der Waals surface area (Å²) < 4.78 is 2.35. The van der Waals surface area contributed by atoms with E-state index < -0.39 is 0 Å². The van der Waals surface area contributed by atoms with Crippen molar-refractivity contribution in [2.75, 3.05) is 19.3 Å². The minimum Gasteiger partial charge on any atom is -0.251 e. The maximum Gasteiger partial charge on any atom is 0.0102 e. The minimum atomic E-state index is 1.31. The van der Waals surface area contributed by atoms with Crippen molar-refractivity contribution in [3.8, 4) is 0 Å². The van der Waals surface area contributed by atoms with E-state index in [0.29, 0.717) is 0 Å². The Balaban J connectivity index is 2.01. The van der Waals surface area contributed by atoms with Gasteiger partial charge in [-0.25, -0.2) is 0 Å². The molecule has 1 nitrogen and oxygen atoms in total. The molecule has 0 unspecified atom stereocenters. The first-order valence-corrected chi connectivity index (χ1v) is 3.40. The molecule has 1 aliphatic heterocycles. The Hall–Kier alpha value is 0.310. The molecule has 0 aromatic carbocycles. The van der Waals surface area contributed by atoms with Crippen LogP contribution in [0, 0.1) is 0 Å². The quantitative estimate of drug-likeness (QED) is 0.455. The van der Waals surface area contributed by atoms with Gasteiger partial charge in [-0.15, -0.1) is 0 Å². The molecule has 0 aliphatic carbocycles. The Morgan fingerprint density at radius 1 is 1.50 bits per heavy atom. The van der Waals surface area contributed by atoms with Gasteiger partial charge in [0, 0.05) is 13.1 Å². The summed E-state index contributed by atoms with van der Waals surface area (Å²) in [6, 6.07) is 0. The molecule has 0 saturated carbocycles. The zero-order valence-electron chi connectivity index (χ0n) is 3.98. The van der Waals surface area contributed by atoms with Gasteiger partial charge in [-0.3, -0.25) is 4.31 Å². The van der Waals surface area contributed by atoms with Crippen molar-refractivity contribution in [2.45, 2.75) is 6.42 Å². The largest absolute Gasteiger partial charge is 0.251 e. The normalized spacial score (nSPS) is 23.5. The van der Waals surface area contributed by atoms with E-state index >= 15 is 0 Å². The van der Waals surface area contributed by atoms with E-state index in [1.165, 1.54) is 19.5 Å². The maximum absolute atomic E-state index is 2.35. The Morgan fingerprint density at radius 2 is 2.17 bits per heavy atom. The Bertz CT molecular complexity index is 40.1. The highest BCUT2D eigenvalue weighted by Gasteiger charge is 2.10. The van der Waals surface area contributed by atoms with Crippen LogP contribution in [0.2, 0.25) is 0 Å². The molecule has 0 aromatic rings. The molecule has 0 aromatic heterocycles. The highest BCUT2D eigenvalue weighted by Crippen LogP contribution is 2.13. The summed E-state index contributed by atoms with van der Waals surface area (Å²) in [5.41, 5.74) is 0. The second-order valence-corrected chi connectivity index (χ2v) is 2.35. The number of hydrogen-bond donors (Lipinski definition) is 0. The predicted molar refractivity (Wildman–Crippen MR) is 29.7 cm³/mol. The lowest BCUT2D eigenvalue weighted by atomic mass is 10.3. The number of nitrogens with zero attached hydrogens (tertiary/aromatic N) is 1. The monoisotopic (exact) mass is 103 g/mol. The molecule has 6 heavy (non-hydrogen) atoms. The fourth-order valence-corrected chi connectivity index (χ4v) is 1.09. The lowest BCUT2D eigenvalue weighted by Gasteiger charge is -2.27. The van der Waals surface area contributed by atoms with E-state index in [9.17, 15) is 0 Å². The standard InChI is InChI=1S/C4H9NS/c1-6-5-3-2-4-5/h2-4H2,1H3. The third-order valence-corrected chi connectivity index (χ3v) is 1.95. The van der Waals surface area contributed by atoms with Crippen molar-refractivity contribution in [2.24, 2.45) is 0 Å². The summed E-state index contributed by atoms with van der Waals surface area (Å²) in [4.78, 5) is 0. The van der Waals surface area contributed by atoms with Gasteiger partial charge in [0.15, 0.2) is 0 Å². The van der Waals surface area contributed by atoms with Crippen LogP contribution >= 0.6 is 11.9 Å². The Kier molecular flexibility index (Phi) is 1.37. The van der Waals surface area contributed by atoms with E-state index in [2.05, 4.69) is 10.6 Å². The molecule has 1 saturated heterocycles. The molecule has 0 N–H and O–H groups in total. The molecule has 2 heteroatoms. The first-order chi connectivity index (χ1) is 2.93. The van der Waals surface area contributed by atoms with E-state index in [0.717, 1.165) is 0 Å². The Labute approximate surface area is 42.8 Å². The van der Waals surface area contributed by atoms with Gasteiger partial charge in [-0.05, 0) is 12.7 Å². The van der Waals surface area contributed by atoms with Crippen LogP contribution in [0.25, 0.3) is 0 Å². The zero-order valence-corrected chi connectivity index (χ0v) is 4.79. The zero-order chi connectivity index (χ0) is 4.41. The number of rotatable bonds is 1. The second-order valence-electron chi connectivity index (χ2n) is 1.47. The van der Waals surface area contributed by atoms with Crippen LogP contribution < -0.4 is 0 Å². The van der Waals surface area contributed by atoms with Crippen LogP contribution in [-0.2, 0) is 0 Å². The van der Waals surface area contributed by atoms with Crippen molar-refractivity contribution in [3.63, 3.8) is 0 Å². The van der Waals surface area contributed by atoms with Gasteiger partial charge in [0.2, 0.25) is 0 Å². The molecule has 0 atom stereocenters. The summed E-state index contributed by atoms with van der Waals surface area (Å²) in [6.07, 6.45) is 3.53. The van der Waals surface area contributed by atoms with E-state index in [4.69, 9.17) is 0 Å². The SMILES string of the molecule is CSN1CCC1. The average molecular weight is 103 g/mol. The van der Waals surface area contributed by atoms with Gasteiger partial charge in [0.25, 0.3) is 0 Å². The lowest BCUT2D eigenvalue weighted by Crippen LogP contribution is -2.29. The molecular weight excluding hydrogens is 94.1 g/mol. The van der Waals surface area contributed by atoms with Gasteiger partial charge < -0.3 is 0 Å². The lowest BCUT2D eigenvalue weighted by molar-refractivity contribution is 0.345. The number of hydrogen-bond acceptors (Lipinski definition) is 2. The molecule has 0 radical (unpaired) electrons. The molecule has 1 fully saturated rings. The molecular formula is C4H9NS. The topological polar surface area (TPSA) is 3.24 Å². The summed E-state index contributed by atoms with van der Waals surface area (Å²) in [7, 11) is 0. The Morgan fingerprint density at radius 3 is 2.17 bits per heavy atom. The van der Waals surface area contributed by atoms with Crippen molar-refractivity contribution in [3.05, 3.63) is 0 Å². The smallest absolute Gasteiger partial charge is 0.0102 e. The van der Waals surface area contributed by atoms with Crippen molar-refractivity contribution < 1.29 is 0 Å². The third-order valence-electron chi connectivity index (χ3n) is 1.07. The fraction of sp³-hybridized carbons (Fsp3) is 1.00. The van der Waals surface area contributed by atoms with Gasteiger partial charge in [-0.1, -0.05) is 11.9 Å². The second kappa shape index (κ2) is 1.85. The average Bonchev–Trinajstić information content (AvgIpc) is 1.31. The highest BCUT2D eigenvalue weighted by atomic mass is 32.2. The van der Waals surface area contributed by atoms with Gasteiger partial charge >= 0.3 is 0 Å². The molecule has 0 bridgehead atoms. The predicted octanol–water partition coefficient (Wildman–Crippen LogP) is 0.970. The van der Waals surface area contributed by atoms with Crippen molar-refractivity contribution >= 4 is 11.9 Å². The summed E-state index contributed by atoms with van der Waals surface area (Å²) >= 11 is 1.84. The molecule has 0 spiro atoms. The van der Waals surface area contributed by atoms with Crippen LogP contribution in [-0.4, -0.2) is 23.7 Å². The third kappa shape index (κ3) is 0.684. The fourth-order valence-electron chi connectivity index (χ4n) is 0.470. The van der Waals surface area contributed by atoms with Gasteiger partial charge in [0.1, 0.15) is 0 Å². The first-order valence-electron chi connectivity index (χ1n) is 2.22. The molecule has 1 heterocycles.